The van der Waals surface area contributed by atoms with E-state index in [4.69, 9.17) is 10.5 Å². The highest BCUT2D eigenvalue weighted by molar-refractivity contribution is 6.05. The number of nitrogen functional groups attached to an aromatic ring is 1. The van der Waals surface area contributed by atoms with Gasteiger partial charge in [-0.15, -0.1) is 0 Å². The predicted molar refractivity (Wildman–Crippen MR) is 121 cm³/mol. The molecule has 0 fully saturated rings. The van der Waals surface area contributed by atoms with Crippen LogP contribution < -0.4 is 10.5 Å². The topological polar surface area (TPSA) is 153 Å². The molecular formula is C23H21N5O5. The van der Waals surface area contributed by atoms with Gasteiger partial charge < -0.3 is 20.7 Å². The Labute approximate surface area is 188 Å². The number of carboxylic acids is 2. The van der Waals surface area contributed by atoms with Crippen molar-refractivity contribution in [3.63, 3.8) is 0 Å². The van der Waals surface area contributed by atoms with Gasteiger partial charge in [0.15, 0.2) is 0 Å². The molecule has 2 heterocycles. The van der Waals surface area contributed by atoms with Crippen molar-refractivity contribution >= 4 is 17.8 Å². The number of aryl methyl sites for hydroxylation is 1. The summed E-state index contributed by atoms with van der Waals surface area (Å²) in [4.78, 5) is 30.6. The molecule has 0 spiro atoms. The maximum atomic E-state index is 11.5. The molecule has 33 heavy (non-hydrogen) atoms. The number of carboxylic acid groups (broad SMARTS) is 2. The van der Waals surface area contributed by atoms with E-state index in [0.29, 0.717) is 16.9 Å². The van der Waals surface area contributed by atoms with Gasteiger partial charge in [-0.2, -0.15) is 5.10 Å². The van der Waals surface area contributed by atoms with Gasteiger partial charge in [-0.05, 0) is 30.7 Å². The van der Waals surface area contributed by atoms with Crippen LogP contribution in [0.5, 0.6) is 6.01 Å². The molecule has 4 rings (SSSR count). The molecule has 10 nitrogen and oxygen atoms in total. The van der Waals surface area contributed by atoms with Crippen LogP contribution in [0.4, 0.5) is 5.82 Å². The monoisotopic (exact) mass is 447 g/mol. The maximum Gasteiger partial charge on any atom is 0.336 e. The number of aromatic nitrogens is 4. The van der Waals surface area contributed by atoms with Crippen LogP contribution in [0.1, 0.15) is 26.3 Å². The highest BCUT2D eigenvalue weighted by Gasteiger charge is 2.22. The van der Waals surface area contributed by atoms with Crippen LogP contribution in [-0.4, -0.2) is 49.0 Å². The Bertz CT molecular complexity index is 1270. The van der Waals surface area contributed by atoms with Gasteiger partial charge in [0.05, 0.1) is 30.1 Å². The zero-order valence-electron chi connectivity index (χ0n) is 17.8. The van der Waals surface area contributed by atoms with Gasteiger partial charge in [0.2, 0.25) is 0 Å². The largest absolute Gasteiger partial charge is 0.478 e. The van der Waals surface area contributed by atoms with Crippen LogP contribution in [0.25, 0.3) is 16.8 Å². The molecule has 0 aliphatic carbocycles. The number of anilines is 1. The van der Waals surface area contributed by atoms with E-state index in [1.807, 2.05) is 30.3 Å². The zero-order chi connectivity index (χ0) is 24.0. The number of hydrogen-bond acceptors (Lipinski definition) is 7. The van der Waals surface area contributed by atoms with E-state index >= 15 is 0 Å². The quantitative estimate of drug-likeness (QED) is 0.418. The first-order chi connectivity index (χ1) is 15.8. The smallest absolute Gasteiger partial charge is 0.336 e. The van der Waals surface area contributed by atoms with Gasteiger partial charge in [0.1, 0.15) is 5.82 Å². The average molecular weight is 447 g/mol. The molecule has 0 bridgehead atoms. The van der Waals surface area contributed by atoms with Crippen LogP contribution in [0.15, 0.2) is 67.1 Å². The summed E-state index contributed by atoms with van der Waals surface area (Å²) in [6.45, 7) is 1.60. The molecule has 0 saturated heterocycles. The molecule has 4 aromatic rings. The lowest BCUT2D eigenvalue weighted by atomic mass is 9.92. The van der Waals surface area contributed by atoms with Crippen molar-refractivity contribution in [1.29, 1.82) is 0 Å². The Morgan fingerprint density at radius 1 is 0.970 bits per heavy atom. The fraction of sp³-hybridized carbons (Fsp3) is 0.0870. The minimum atomic E-state index is -1.22. The number of benzene rings is 2. The van der Waals surface area contributed by atoms with E-state index in [0.717, 1.165) is 5.69 Å². The summed E-state index contributed by atoms with van der Waals surface area (Å²) < 4.78 is 6.52. The van der Waals surface area contributed by atoms with Crippen LogP contribution in [0, 0.1) is 6.92 Å². The first-order valence-corrected chi connectivity index (χ1v) is 9.65. The van der Waals surface area contributed by atoms with Crippen LogP contribution in [0.3, 0.4) is 0 Å². The molecule has 2 aromatic carbocycles. The van der Waals surface area contributed by atoms with Gasteiger partial charge in [-0.1, -0.05) is 24.3 Å². The highest BCUT2D eigenvalue weighted by atomic mass is 16.5. The van der Waals surface area contributed by atoms with E-state index in [9.17, 15) is 19.8 Å². The van der Waals surface area contributed by atoms with E-state index < -0.39 is 11.9 Å². The molecule has 0 atom stereocenters. The van der Waals surface area contributed by atoms with Crippen molar-refractivity contribution in [2.45, 2.75) is 6.92 Å². The Balaban J connectivity index is 0.000000215. The number of nitrogens with zero attached hydrogens (tertiary/aromatic N) is 4. The molecule has 10 heteroatoms. The molecule has 4 N–H and O–H groups in total. The molecule has 0 amide bonds. The minimum absolute atomic E-state index is 0.0799. The minimum Gasteiger partial charge on any atom is -0.478 e. The van der Waals surface area contributed by atoms with Crippen molar-refractivity contribution < 1.29 is 24.5 Å². The van der Waals surface area contributed by atoms with E-state index in [-0.39, 0.29) is 22.7 Å². The summed E-state index contributed by atoms with van der Waals surface area (Å²) in [6, 6.07) is 14.5. The molecule has 0 aliphatic heterocycles. The lowest BCUT2D eigenvalue weighted by Crippen LogP contribution is -2.09. The normalized spacial score (nSPS) is 10.1. The van der Waals surface area contributed by atoms with Crippen LogP contribution >= 0.6 is 0 Å². The number of methoxy groups -OCH3 is 1. The van der Waals surface area contributed by atoms with Crippen LogP contribution in [0.2, 0.25) is 0 Å². The molecule has 168 valence electrons. The summed E-state index contributed by atoms with van der Waals surface area (Å²) in [5, 5.41) is 22.7. The highest BCUT2D eigenvalue weighted by Crippen LogP contribution is 2.30. The van der Waals surface area contributed by atoms with Crippen molar-refractivity contribution in [1.82, 2.24) is 19.7 Å². The van der Waals surface area contributed by atoms with E-state index in [1.54, 1.807) is 23.9 Å². The Morgan fingerprint density at radius 2 is 1.64 bits per heavy atom. The zero-order valence-corrected chi connectivity index (χ0v) is 17.8. The lowest BCUT2D eigenvalue weighted by Gasteiger charge is -2.12. The van der Waals surface area contributed by atoms with Gasteiger partial charge in [0, 0.05) is 29.6 Å². The number of nitrogens with two attached hydrogens (primary N) is 1. The third kappa shape index (κ3) is 5.13. The molecule has 2 aromatic heterocycles. The predicted octanol–water partition coefficient (Wildman–Crippen LogP) is 3.31. The molecule has 0 unspecified atom stereocenters. The van der Waals surface area contributed by atoms with E-state index in [2.05, 4.69) is 15.1 Å². The van der Waals surface area contributed by atoms with Crippen molar-refractivity contribution in [2.24, 2.45) is 0 Å². The number of ether oxygens (including phenoxy) is 1. The second-order valence-electron chi connectivity index (χ2n) is 6.75. The van der Waals surface area contributed by atoms with Crippen molar-refractivity contribution in [3.05, 3.63) is 83.8 Å². The summed E-state index contributed by atoms with van der Waals surface area (Å²) in [7, 11) is 1.40. The Hall–Kier alpha value is -4.73. The SMILES string of the molecule is COc1ncc(-c2c(C(=O)O)ccc(C)c2C(=O)O)cn1.Nc1ccnn1-c1ccccc1. The average Bonchev–Trinajstić information content (AvgIpc) is 3.25. The van der Waals surface area contributed by atoms with Crippen molar-refractivity contribution in [3.8, 4) is 22.8 Å². The summed E-state index contributed by atoms with van der Waals surface area (Å²) in [6.07, 6.45) is 4.35. The van der Waals surface area contributed by atoms with Gasteiger partial charge in [-0.25, -0.2) is 24.2 Å². The van der Waals surface area contributed by atoms with Crippen molar-refractivity contribution in [2.75, 3.05) is 12.8 Å². The Morgan fingerprint density at radius 3 is 2.15 bits per heavy atom. The maximum absolute atomic E-state index is 11.5. The van der Waals surface area contributed by atoms with Gasteiger partial charge >= 0.3 is 17.9 Å². The lowest BCUT2D eigenvalue weighted by molar-refractivity contribution is 0.0695. The second kappa shape index (κ2) is 10.1. The number of para-hydroxylation sites is 1. The number of aromatic carboxylic acids is 2. The van der Waals surface area contributed by atoms with Crippen LogP contribution in [-0.2, 0) is 0 Å². The second-order valence-corrected chi connectivity index (χ2v) is 6.75. The summed E-state index contributed by atoms with van der Waals surface area (Å²) in [5.41, 5.74) is 7.30. The van der Waals surface area contributed by atoms with Gasteiger partial charge in [-0.3, -0.25) is 0 Å². The van der Waals surface area contributed by atoms with Gasteiger partial charge in [0.25, 0.3) is 0 Å². The number of hydrogen-bond donors (Lipinski definition) is 3. The molecule has 0 aliphatic rings. The third-order valence-electron chi connectivity index (χ3n) is 4.63. The number of carbonyl (C=O) groups is 2. The number of rotatable bonds is 5. The molecular weight excluding hydrogens is 426 g/mol. The first kappa shape index (κ1) is 22.9. The standard InChI is InChI=1S/C14H12N2O5.C9H9N3/c1-7-3-4-9(12(17)18)11(10(7)13(19)20)8-5-15-14(21-2)16-6-8;10-9-6-7-11-12(9)8-4-2-1-3-5-8/h3-6H,1-2H3,(H,17,18)(H,19,20);1-7H,10H2. The molecule has 0 radical (unpaired) electrons. The fourth-order valence-corrected chi connectivity index (χ4v) is 3.11. The summed E-state index contributed by atoms with van der Waals surface area (Å²) in [5.74, 6) is -1.77. The Kier molecular flexibility index (Phi) is 6.99. The van der Waals surface area contributed by atoms with E-state index in [1.165, 1.54) is 31.6 Å². The third-order valence-corrected chi connectivity index (χ3v) is 4.63. The summed E-state index contributed by atoms with van der Waals surface area (Å²) >= 11 is 0. The molecule has 0 saturated carbocycles. The fourth-order valence-electron chi connectivity index (χ4n) is 3.11. The first-order valence-electron chi connectivity index (χ1n) is 9.65.